The molecule has 2 aliphatic carbocycles. The first-order chi connectivity index (χ1) is 8.69. The fourth-order valence-electron chi connectivity index (χ4n) is 4.27. The zero-order valence-corrected chi connectivity index (χ0v) is 11.8. The van der Waals surface area contributed by atoms with E-state index in [1.165, 1.54) is 38.6 Å². The molecule has 4 unspecified atom stereocenters. The maximum atomic E-state index is 5.96. The summed E-state index contributed by atoms with van der Waals surface area (Å²) in [6, 6.07) is 0.675. The van der Waals surface area contributed by atoms with Gasteiger partial charge in [-0.15, -0.1) is 0 Å². The maximum absolute atomic E-state index is 5.96. The molecule has 0 aromatic heterocycles. The van der Waals surface area contributed by atoms with Crippen LogP contribution in [0.4, 0.5) is 0 Å². The molecular weight excluding hydrogens is 222 g/mol. The van der Waals surface area contributed by atoms with Gasteiger partial charge in [0.25, 0.3) is 0 Å². The van der Waals surface area contributed by atoms with Gasteiger partial charge in [0, 0.05) is 24.0 Å². The molecular formula is C16H27NO. The predicted octanol–water partition coefficient (Wildman–Crippen LogP) is 3.14. The predicted molar refractivity (Wildman–Crippen MR) is 74.5 cm³/mol. The van der Waals surface area contributed by atoms with Gasteiger partial charge in [-0.25, -0.2) is 0 Å². The van der Waals surface area contributed by atoms with Gasteiger partial charge in [-0.1, -0.05) is 26.0 Å². The first-order valence-electron chi connectivity index (χ1n) is 7.69. The number of ether oxygens (including phenoxy) is 1. The molecule has 1 saturated heterocycles. The van der Waals surface area contributed by atoms with Crippen molar-refractivity contribution in [3.63, 3.8) is 0 Å². The molecule has 2 nitrogen and oxygen atoms in total. The van der Waals surface area contributed by atoms with E-state index in [-0.39, 0.29) is 0 Å². The highest BCUT2D eigenvalue weighted by atomic mass is 16.5. The minimum Gasteiger partial charge on any atom is -0.377 e. The van der Waals surface area contributed by atoms with E-state index >= 15 is 0 Å². The first-order valence-corrected chi connectivity index (χ1v) is 7.69. The van der Waals surface area contributed by atoms with Gasteiger partial charge in [-0.2, -0.15) is 0 Å². The molecule has 0 amide bonds. The topological polar surface area (TPSA) is 21.3 Å². The van der Waals surface area contributed by atoms with Crippen LogP contribution in [0.5, 0.6) is 0 Å². The van der Waals surface area contributed by atoms with E-state index in [0.717, 1.165) is 18.4 Å². The highest BCUT2D eigenvalue weighted by Crippen LogP contribution is 2.51. The molecule has 2 fully saturated rings. The van der Waals surface area contributed by atoms with Crippen LogP contribution in [0.1, 0.15) is 46.0 Å². The van der Waals surface area contributed by atoms with E-state index in [0.29, 0.717) is 17.6 Å². The lowest BCUT2D eigenvalue weighted by atomic mass is 9.55. The van der Waals surface area contributed by atoms with Crippen molar-refractivity contribution in [2.24, 2.45) is 17.3 Å². The molecule has 0 aromatic carbocycles. The van der Waals surface area contributed by atoms with Crippen molar-refractivity contribution in [1.29, 1.82) is 0 Å². The second-order valence-electron chi connectivity index (χ2n) is 6.96. The third kappa shape index (κ3) is 2.14. The summed E-state index contributed by atoms with van der Waals surface area (Å²) >= 11 is 0. The van der Waals surface area contributed by atoms with Crippen molar-refractivity contribution in [3.05, 3.63) is 12.2 Å². The Morgan fingerprint density at radius 1 is 1.28 bits per heavy atom. The monoisotopic (exact) mass is 249 g/mol. The lowest BCUT2D eigenvalue weighted by molar-refractivity contribution is -0.192. The lowest BCUT2D eigenvalue weighted by Crippen LogP contribution is -2.69. The molecule has 1 aliphatic heterocycles. The Morgan fingerprint density at radius 2 is 2.17 bits per heavy atom. The minimum absolute atomic E-state index is 0.329. The summed E-state index contributed by atoms with van der Waals surface area (Å²) < 4.78 is 5.96. The average molecular weight is 249 g/mol. The Hall–Kier alpha value is -0.340. The quantitative estimate of drug-likeness (QED) is 0.776. The molecule has 3 aliphatic rings. The smallest absolute Gasteiger partial charge is 0.0684 e. The largest absolute Gasteiger partial charge is 0.377 e. The van der Waals surface area contributed by atoms with E-state index < -0.39 is 0 Å². The number of allylic oxidation sites excluding steroid dienone is 2. The number of hydrogen-bond acceptors (Lipinski definition) is 2. The molecule has 1 N–H and O–H groups in total. The molecule has 1 heterocycles. The molecule has 102 valence electrons. The number of nitrogens with one attached hydrogen (secondary N) is 1. The summed E-state index contributed by atoms with van der Waals surface area (Å²) in [5.41, 5.74) is 0.329. The SMILES string of the molecule is CC1(C)C(NCC2CC=CCC2)C2CCCOC21. The van der Waals surface area contributed by atoms with Crippen LogP contribution in [-0.2, 0) is 4.74 Å². The number of rotatable bonds is 3. The summed E-state index contributed by atoms with van der Waals surface area (Å²) in [6.07, 6.45) is 11.7. The lowest BCUT2D eigenvalue weighted by Gasteiger charge is -2.60. The van der Waals surface area contributed by atoms with Crippen LogP contribution >= 0.6 is 0 Å². The van der Waals surface area contributed by atoms with Gasteiger partial charge in [-0.05, 0) is 44.6 Å². The second-order valence-corrected chi connectivity index (χ2v) is 6.96. The van der Waals surface area contributed by atoms with E-state index in [1.54, 1.807) is 0 Å². The fraction of sp³-hybridized carbons (Fsp3) is 0.875. The van der Waals surface area contributed by atoms with Gasteiger partial charge in [-0.3, -0.25) is 0 Å². The second kappa shape index (κ2) is 4.97. The molecule has 0 spiro atoms. The van der Waals surface area contributed by atoms with Gasteiger partial charge in [0.2, 0.25) is 0 Å². The molecule has 0 radical (unpaired) electrons. The standard InChI is InChI=1S/C16H27NO/c1-16(2)14(13-9-6-10-18-15(13)16)17-11-12-7-4-3-5-8-12/h3-4,12-15,17H,5-11H2,1-2H3. The van der Waals surface area contributed by atoms with Crippen molar-refractivity contribution in [2.75, 3.05) is 13.2 Å². The third-order valence-corrected chi connectivity index (χ3v) is 5.34. The summed E-state index contributed by atoms with van der Waals surface area (Å²) in [7, 11) is 0. The van der Waals surface area contributed by atoms with Gasteiger partial charge in [0.05, 0.1) is 6.10 Å². The molecule has 1 saturated carbocycles. The van der Waals surface area contributed by atoms with Crippen LogP contribution in [-0.4, -0.2) is 25.3 Å². The average Bonchev–Trinajstić information content (AvgIpc) is 2.40. The highest BCUT2D eigenvalue weighted by Gasteiger charge is 2.57. The van der Waals surface area contributed by atoms with E-state index in [2.05, 4.69) is 31.3 Å². The molecule has 18 heavy (non-hydrogen) atoms. The third-order valence-electron chi connectivity index (χ3n) is 5.34. The van der Waals surface area contributed by atoms with Crippen LogP contribution in [0.3, 0.4) is 0 Å². The molecule has 3 rings (SSSR count). The van der Waals surface area contributed by atoms with E-state index in [9.17, 15) is 0 Å². The summed E-state index contributed by atoms with van der Waals surface area (Å²) in [6.45, 7) is 6.92. The summed E-state index contributed by atoms with van der Waals surface area (Å²) in [4.78, 5) is 0. The van der Waals surface area contributed by atoms with Crippen molar-refractivity contribution in [3.8, 4) is 0 Å². The normalized spacial score (nSPS) is 42.1. The van der Waals surface area contributed by atoms with Crippen LogP contribution in [0.25, 0.3) is 0 Å². The molecule has 2 heteroatoms. The Bertz CT molecular complexity index is 323. The highest BCUT2D eigenvalue weighted by molar-refractivity contribution is 5.10. The summed E-state index contributed by atoms with van der Waals surface area (Å²) in [5.74, 6) is 1.63. The van der Waals surface area contributed by atoms with Crippen LogP contribution in [0.15, 0.2) is 12.2 Å². The molecule has 0 bridgehead atoms. The Morgan fingerprint density at radius 3 is 2.94 bits per heavy atom. The molecule has 0 aromatic rings. The zero-order chi connectivity index (χ0) is 12.6. The minimum atomic E-state index is 0.329. The zero-order valence-electron chi connectivity index (χ0n) is 11.8. The van der Waals surface area contributed by atoms with Crippen LogP contribution in [0, 0.1) is 17.3 Å². The fourth-order valence-corrected chi connectivity index (χ4v) is 4.27. The van der Waals surface area contributed by atoms with Crippen LogP contribution < -0.4 is 5.32 Å². The number of hydrogen-bond donors (Lipinski definition) is 1. The van der Waals surface area contributed by atoms with E-state index in [1.807, 2.05) is 0 Å². The van der Waals surface area contributed by atoms with Crippen molar-refractivity contribution < 1.29 is 4.74 Å². The van der Waals surface area contributed by atoms with Gasteiger partial charge in [0.1, 0.15) is 0 Å². The Labute approximate surface area is 111 Å². The van der Waals surface area contributed by atoms with Crippen LogP contribution in [0.2, 0.25) is 0 Å². The van der Waals surface area contributed by atoms with Gasteiger partial charge in [0.15, 0.2) is 0 Å². The maximum Gasteiger partial charge on any atom is 0.0684 e. The Balaban J connectivity index is 1.54. The van der Waals surface area contributed by atoms with Crippen molar-refractivity contribution in [1.82, 2.24) is 5.32 Å². The van der Waals surface area contributed by atoms with Crippen molar-refractivity contribution in [2.45, 2.75) is 58.1 Å². The van der Waals surface area contributed by atoms with E-state index in [4.69, 9.17) is 4.74 Å². The van der Waals surface area contributed by atoms with Crippen molar-refractivity contribution >= 4 is 0 Å². The van der Waals surface area contributed by atoms with Gasteiger partial charge < -0.3 is 10.1 Å². The summed E-state index contributed by atoms with van der Waals surface area (Å²) in [5, 5.41) is 3.86. The number of fused-ring (bicyclic) bond motifs is 1. The van der Waals surface area contributed by atoms with Gasteiger partial charge >= 0.3 is 0 Å². The molecule has 4 atom stereocenters. The first kappa shape index (κ1) is 12.7. The Kier molecular flexibility index (Phi) is 3.50.